The van der Waals surface area contributed by atoms with Crippen LogP contribution in [0.15, 0.2) is 42.5 Å². The van der Waals surface area contributed by atoms with Gasteiger partial charge in [-0.05, 0) is 36.4 Å². The number of aromatic carboxylic acids is 1. The van der Waals surface area contributed by atoms with Crippen molar-refractivity contribution in [3.8, 4) is 17.0 Å². The topological polar surface area (TPSA) is 59.4 Å². The molecule has 0 radical (unpaired) electrons. The standard InChI is InChI=1S/C13H11NO3/c1-17-10-7-5-9(6-8-10)11-3-2-4-12(14-11)13(15)16/h2-8H,1H3,(H,15,16). The molecule has 0 spiro atoms. The molecule has 17 heavy (non-hydrogen) atoms. The molecule has 1 aromatic heterocycles. The van der Waals surface area contributed by atoms with E-state index in [0.29, 0.717) is 5.69 Å². The Morgan fingerprint density at radius 3 is 2.47 bits per heavy atom. The van der Waals surface area contributed by atoms with E-state index in [1.54, 1.807) is 19.2 Å². The molecule has 4 heteroatoms. The molecular formula is C13H11NO3. The summed E-state index contributed by atoms with van der Waals surface area (Å²) < 4.78 is 5.05. The highest BCUT2D eigenvalue weighted by molar-refractivity contribution is 5.86. The number of carbonyl (C=O) groups is 1. The maximum atomic E-state index is 10.8. The second-order valence-corrected chi connectivity index (χ2v) is 3.44. The maximum absolute atomic E-state index is 10.8. The van der Waals surface area contributed by atoms with Gasteiger partial charge < -0.3 is 9.84 Å². The fourth-order valence-corrected chi connectivity index (χ4v) is 1.48. The van der Waals surface area contributed by atoms with Crippen LogP contribution in [0.1, 0.15) is 10.5 Å². The van der Waals surface area contributed by atoms with E-state index in [-0.39, 0.29) is 5.69 Å². The zero-order valence-electron chi connectivity index (χ0n) is 9.25. The molecule has 0 saturated heterocycles. The molecule has 1 N–H and O–H groups in total. The van der Waals surface area contributed by atoms with Crippen molar-refractivity contribution < 1.29 is 14.6 Å². The minimum Gasteiger partial charge on any atom is -0.497 e. The third kappa shape index (κ3) is 2.42. The number of hydrogen-bond donors (Lipinski definition) is 1. The molecule has 0 bridgehead atoms. The molecule has 0 aliphatic rings. The van der Waals surface area contributed by atoms with Gasteiger partial charge in [0, 0.05) is 5.56 Å². The monoisotopic (exact) mass is 229 g/mol. The van der Waals surface area contributed by atoms with Gasteiger partial charge in [-0.2, -0.15) is 0 Å². The minimum atomic E-state index is -1.03. The Bertz CT molecular complexity index is 535. The van der Waals surface area contributed by atoms with Crippen LogP contribution in [-0.2, 0) is 0 Å². The molecule has 0 aliphatic heterocycles. The maximum Gasteiger partial charge on any atom is 0.354 e. The highest BCUT2D eigenvalue weighted by Gasteiger charge is 2.06. The molecule has 2 rings (SSSR count). The van der Waals surface area contributed by atoms with Gasteiger partial charge in [0.15, 0.2) is 0 Å². The second-order valence-electron chi connectivity index (χ2n) is 3.44. The van der Waals surface area contributed by atoms with E-state index in [1.165, 1.54) is 6.07 Å². The van der Waals surface area contributed by atoms with Crippen molar-refractivity contribution >= 4 is 5.97 Å². The lowest BCUT2D eigenvalue weighted by molar-refractivity contribution is 0.0690. The molecule has 0 atom stereocenters. The lowest BCUT2D eigenvalue weighted by Gasteiger charge is -2.03. The lowest BCUT2D eigenvalue weighted by atomic mass is 10.1. The fourth-order valence-electron chi connectivity index (χ4n) is 1.48. The van der Waals surface area contributed by atoms with Crippen LogP contribution in [0.5, 0.6) is 5.75 Å². The van der Waals surface area contributed by atoms with Crippen molar-refractivity contribution in [2.45, 2.75) is 0 Å². The Balaban J connectivity index is 2.38. The van der Waals surface area contributed by atoms with Crippen molar-refractivity contribution in [3.63, 3.8) is 0 Å². The van der Waals surface area contributed by atoms with E-state index in [4.69, 9.17) is 9.84 Å². The van der Waals surface area contributed by atoms with Gasteiger partial charge in [0.25, 0.3) is 0 Å². The number of ether oxygens (including phenoxy) is 1. The quantitative estimate of drug-likeness (QED) is 0.878. The third-order valence-corrected chi connectivity index (χ3v) is 2.35. The van der Waals surface area contributed by atoms with E-state index in [2.05, 4.69) is 4.98 Å². The molecule has 0 unspecified atom stereocenters. The Morgan fingerprint density at radius 2 is 1.88 bits per heavy atom. The fraction of sp³-hybridized carbons (Fsp3) is 0.0769. The minimum absolute atomic E-state index is 0.0401. The predicted molar refractivity (Wildman–Crippen MR) is 63.2 cm³/mol. The normalized spacial score (nSPS) is 9.94. The number of hydrogen-bond acceptors (Lipinski definition) is 3. The zero-order chi connectivity index (χ0) is 12.3. The van der Waals surface area contributed by atoms with Gasteiger partial charge in [0.05, 0.1) is 12.8 Å². The van der Waals surface area contributed by atoms with Crippen LogP contribution in [0.25, 0.3) is 11.3 Å². The van der Waals surface area contributed by atoms with Gasteiger partial charge >= 0.3 is 5.97 Å². The summed E-state index contributed by atoms with van der Waals surface area (Å²) in [6.45, 7) is 0. The summed E-state index contributed by atoms with van der Waals surface area (Å²) in [4.78, 5) is 14.9. The van der Waals surface area contributed by atoms with Crippen molar-refractivity contribution in [1.82, 2.24) is 4.98 Å². The van der Waals surface area contributed by atoms with Crippen LogP contribution in [0, 0.1) is 0 Å². The summed E-state index contributed by atoms with van der Waals surface area (Å²) >= 11 is 0. The van der Waals surface area contributed by atoms with Crippen molar-refractivity contribution in [2.75, 3.05) is 7.11 Å². The Labute approximate surface area is 98.5 Å². The number of methoxy groups -OCH3 is 1. The van der Waals surface area contributed by atoms with E-state index in [9.17, 15) is 4.79 Å². The SMILES string of the molecule is COc1ccc(-c2cccc(C(=O)O)n2)cc1. The van der Waals surface area contributed by atoms with Gasteiger partial charge in [-0.1, -0.05) is 6.07 Å². The average molecular weight is 229 g/mol. The largest absolute Gasteiger partial charge is 0.497 e. The number of benzene rings is 1. The number of pyridine rings is 1. The summed E-state index contributed by atoms with van der Waals surface area (Å²) in [5, 5.41) is 8.86. The highest BCUT2D eigenvalue weighted by atomic mass is 16.5. The summed E-state index contributed by atoms with van der Waals surface area (Å²) in [7, 11) is 1.60. The molecule has 0 aliphatic carbocycles. The van der Waals surface area contributed by atoms with Crippen LogP contribution in [0.3, 0.4) is 0 Å². The first kappa shape index (κ1) is 11.1. The summed E-state index contributed by atoms with van der Waals surface area (Å²) in [5.74, 6) is -0.275. The number of carboxylic acids is 1. The molecule has 2 aromatic rings. The van der Waals surface area contributed by atoms with Gasteiger partial charge in [-0.25, -0.2) is 9.78 Å². The Kier molecular flexibility index (Phi) is 3.05. The van der Waals surface area contributed by atoms with Crippen LogP contribution < -0.4 is 4.74 Å². The summed E-state index contributed by atoms with van der Waals surface area (Å²) in [5.41, 5.74) is 1.53. The van der Waals surface area contributed by atoms with E-state index in [1.807, 2.05) is 24.3 Å². The molecule has 1 heterocycles. The first-order valence-electron chi connectivity index (χ1n) is 5.05. The molecular weight excluding hydrogens is 218 g/mol. The number of aromatic nitrogens is 1. The Morgan fingerprint density at radius 1 is 1.18 bits per heavy atom. The molecule has 0 fully saturated rings. The van der Waals surface area contributed by atoms with Crippen molar-refractivity contribution in [1.29, 1.82) is 0 Å². The van der Waals surface area contributed by atoms with Gasteiger partial charge in [-0.15, -0.1) is 0 Å². The van der Waals surface area contributed by atoms with Crippen LogP contribution >= 0.6 is 0 Å². The smallest absolute Gasteiger partial charge is 0.354 e. The zero-order valence-corrected chi connectivity index (χ0v) is 9.25. The van der Waals surface area contributed by atoms with E-state index in [0.717, 1.165) is 11.3 Å². The van der Waals surface area contributed by atoms with Gasteiger partial charge in [0.2, 0.25) is 0 Å². The molecule has 4 nitrogen and oxygen atoms in total. The number of nitrogens with zero attached hydrogens (tertiary/aromatic N) is 1. The molecule has 1 aromatic carbocycles. The molecule has 0 saturated carbocycles. The first-order chi connectivity index (χ1) is 8.20. The molecule has 86 valence electrons. The number of rotatable bonds is 3. The average Bonchev–Trinajstić information content (AvgIpc) is 2.39. The first-order valence-corrected chi connectivity index (χ1v) is 5.05. The highest BCUT2D eigenvalue weighted by Crippen LogP contribution is 2.20. The van der Waals surface area contributed by atoms with Crippen molar-refractivity contribution in [3.05, 3.63) is 48.2 Å². The van der Waals surface area contributed by atoms with E-state index >= 15 is 0 Å². The van der Waals surface area contributed by atoms with Crippen LogP contribution in [0.2, 0.25) is 0 Å². The summed E-state index contributed by atoms with van der Waals surface area (Å²) in [6.07, 6.45) is 0. The van der Waals surface area contributed by atoms with Crippen LogP contribution in [0.4, 0.5) is 0 Å². The number of carboxylic acid groups (broad SMARTS) is 1. The van der Waals surface area contributed by atoms with Crippen LogP contribution in [-0.4, -0.2) is 23.2 Å². The van der Waals surface area contributed by atoms with E-state index < -0.39 is 5.97 Å². The summed E-state index contributed by atoms with van der Waals surface area (Å²) in [6, 6.07) is 12.2. The van der Waals surface area contributed by atoms with Gasteiger partial charge in [-0.3, -0.25) is 0 Å². The third-order valence-electron chi connectivity index (χ3n) is 2.35. The molecule has 0 amide bonds. The Hall–Kier alpha value is -2.36. The van der Waals surface area contributed by atoms with Gasteiger partial charge in [0.1, 0.15) is 11.4 Å². The lowest BCUT2D eigenvalue weighted by Crippen LogP contribution is -2.00. The predicted octanol–water partition coefficient (Wildman–Crippen LogP) is 2.46. The van der Waals surface area contributed by atoms with Crippen molar-refractivity contribution in [2.24, 2.45) is 0 Å². The second kappa shape index (κ2) is 4.65.